The SMILES string of the molecule is FC(F)(F)c1ccc(-c2ccc(N3CCN(C4CCCC4)CC3)nn2)cc1. The van der Waals surface area contributed by atoms with Crippen molar-refractivity contribution in [2.24, 2.45) is 0 Å². The number of anilines is 1. The molecule has 4 nitrogen and oxygen atoms in total. The van der Waals surface area contributed by atoms with Gasteiger partial charge >= 0.3 is 6.18 Å². The van der Waals surface area contributed by atoms with E-state index in [0.717, 1.165) is 50.2 Å². The molecule has 0 radical (unpaired) electrons. The first-order valence-corrected chi connectivity index (χ1v) is 9.51. The van der Waals surface area contributed by atoms with Gasteiger partial charge in [0, 0.05) is 37.8 Å². The van der Waals surface area contributed by atoms with E-state index in [1.807, 2.05) is 12.1 Å². The van der Waals surface area contributed by atoms with E-state index >= 15 is 0 Å². The van der Waals surface area contributed by atoms with Gasteiger partial charge in [0.2, 0.25) is 0 Å². The molecular weight excluding hydrogens is 353 g/mol. The maximum Gasteiger partial charge on any atom is 0.416 e. The summed E-state index contributed by atoms with van der Waals surface area (Å²) in [5.74, 6) is 0.830. The van der Waals surface area contributed by atoms with E-state index in [4.69, 9.17) is 0 Å². The number of alkyl halides is 3. The Bertz CT molecular complexity index is 744. The van der Waals surface area contributed by atoms with Crippen LogP contribution in [0.25, 0.3) is 11.3 Å². The number of hydrogen-bond acceptors (Lipinski definition) is 4. The van der Waals surface area contributed by atoms with E-state index in [1.165, 1.54) is 37.8 Å². The van der Waals surface area contributed by atoms with E-state index < -0.39 is 11.7 Å². The maximum atomic E-state index is 12.7. The van der Waals surface area contributed by atoms with Gasteiger partial charge in [-0.3, -0.25) is 4.90 Å². The highest BCUT2D eigenvalue weighted by Crippen LogP contribution is 2.31. The van der Waals surface area contributed by atoms with Gasteiger partial charge in [0.15, 0.2) is 5.82 Å². The van der Waals surface area contributed by atoms with E-state index in [9.17, 15) is 13.2 Å². The summed E-state index contributed by atoms with van der Waals surface area (Å²) in [4.78, 5) is 4.82. The van der Waals surface area contributed by atoms with Crippen LogP contribution in [0.1, 0.15) is 31.2 Å². The quantitative estimate of drug-likeness (QED) is 0.803. The van der Waals surface area contributed by atoms with Crippen molar-refractivity contribution in [1.82, 2.24) is 15.1 Å². The molecule has 1 aliphatic heterocycles. The highest BCUT2D eigenvalue weighted by molar-refractivity contribution is 5.60. The summed E-state index contributed by atoms with van der Waals surface area (Å²) in [6.45, 7) is 3.97. The minimum Gasteiger partial charge on any atom is -0.353 e. The average molecular weight is 376 g/mol. The first kappa shape index (κ1) is 18.2. The van der Waals surface area contributed by atoms with Crippen LogP contribution in [0.5, 0.6) is 0 Å². The molecule has 0 spiro atoms. The van der Waals surface area contributed by atoms with Gasteiger partial charge in [-0.05, 0) is 37.1 Å². The summed E-state index contributed by atoms with van der Waals surface area (Å²) >= 11 is 0. The summed E-state index contributed by atoms with van der Waals surface area (Å²) in [5, 5.41) is 8.53. The molecular formula is C20H23F3N4. The zero-order valence-electron chi connectivity index (χ0n) is 15.1. The molecule has 1 saturated carbocycles. The minimum absolute atomic E-state index is 0.581. The molecule has 0 N–H and O–H groups in total. The van der Waals surface area contributed by atoms with E-state index in [2.05, 4.69) is 20.0 Å². The highest BCUT2D eigenvalue weighted by Gasteiger charge is 2.30. The van der Waals surface area contributed by atoms with E-state index in [-0.39, 0.29) is 0 Å². The normalized spacial score (nSPS) is 19.6. The molecule has 0 amide bonds. The van der Waals surface area contributed by atoms with Gasteiger partial charge in [-0.25, -0.2) is 0 Å². The zero-order valence-corrected chi connectivity index (χ0v) is 15.1. The van der Waals surface area contributed by atoms with Crippen LogP contribution >= 0.6 is 0 Å². The second-order valence-electron chi connectivity index (χ2n) is 7.31. The van der Waals surface area contributed by atoms with Crippen molar-refractivity contribution < 1.29 is 13.2 Å². The topological polar surface area (TPSA) is 32.3 Å². The molecule has 2 fully saturated rings. The largest absolute Gasteiger partial charge is 0.416 e. The Kier molecular flexibility index (Phi) is 5.04. The summed E-state index contributed by atoms with van der Waals surface area (Å²) in [7, 11) is 0. The van der Waals surface area contributed by atoms with Crippen LogP contribution in [-0.4, -0.2) is 47.3 Å². The lowest BCUT2D eigenvalue weighted by molar-refractivity contribution is -0.137. The van der Waals surface area contributed by atoms with Crippen molar-refractivity contribution in [3.8, 4) is 11.3 Å². The van der Waals surface area contributed by atoms with Crippen LogP contribution in [0, 0.1) is 0 Å². The van der Waals surface area contributed by atoms with Gasteiger partial charge < -0.3 is 4.90 Å². The van der Waals surface area contributed by atoms with Gasteiger partial charge in [-0.1, -0.05) is 25.0 Å². The van der Waals surface area contributed by atoms with Crippen LogP contribution < -0.4 is 4.90 Å². The van der Waals surface area contributed by atoms with Crippen LogP contribution in [0.2, 0.25) is 0 Å². The van der Waals surface area contributed by atoms with Gasteiger partial charge in [0.1, 0.15) is 0 Å². The lowest BCUT2D eigenvalue weighted by Crippen LogP contribution is -2.50. The van der Waals surface area contributed by atoms with Crippen molar-refractivity contribution in [3.05, 3.63) is 42.0 Å². The molecule has 1 aromatic carbocycles. The summed E-state index contributed by atoms with van der Waals surface area (Å²) in [6, 6.07) is 9.51. The fourth-order valence-corrected chi connectivity index (χ4v) is 4.06. The number of rotatable bonds is 3. The third kappa shape index (κ3) is 4.08. The summed E-state index contributed by atoms with van der Waals surface area (Å²) < 4.78 is 38.0. The fourth-order valence-electron chi connectivity index (χ4n) is 4.06. The van der Waals surface area contributed by atoms with E-state index in [0.29, 0.717) is 11.3 Å². The van der Waals surface area contributed by atoms with Crippen molar-refractivity contribution in [1.29, 1.82) is 0 Å². The van der Waals surface area contributed by atoms with Crippen molar-refractivity contribution in [2.75, 3.05) is 31.1 Å². The Morgan fingerprint density at radius 3 is 2.04 bits per heavy atom. The maximum absolute atomic E-state index is 12.7. The first-order chi connectivity index (χ1) is 13.0. The van der Waals surface area contributed by atoms with E-state index in [1.54, 1.807) is 0 Å². The minimum atomic E-state index is -4.32. The molecule has 2 aromatic rings. The summed E-state index contributed by atoms with van der Waals surface area (Å²) in [6.07, 6.45) is 1.02. The Morgan fingerprint density at radius 2 is 1.48 bits per heavy atom. The Hall–Kier alpha value is -2.15. The number of halogens is 3. The van der Waals surface area contributed by atoms with Crippen molar-refractivity contribution in [2.45, 2.75) is 37.9 Å². The Labute approximate surface area is 157 Å². The highest BCUT2D eigenvalue weighted by atomic mass is 19.4. The van der Waals surface area contributed by atoms with Crippen LogP contribution in [0.15, 0.2) is 36.4 Å². The molecule has 144 valence electrons. The Balaban J connectivity index is 1.39. The van der Waals surface area contributed by atoms with Crippen molar-refractivity contribution >= 4 is 5.82 Å². The van der Waals surface area contributed by atoms with Gasteiger partial charge in [-0.2, -0.15) is 13.2 Å². The monoisotopic (exact) mass is 376 g/mol. The molecule has 7 heteroatoms. The molecule has 27 heavy (non-hydrogen) atoms. The third-order valence-electron chi connectivity index (χ3n) is 5.64. The van der Waals surface area contributed by atoms with Crippen LogP contribution in [0.3, 0.4) is 0 Å². The lowest BCUT2D eigenvalue weighted by atomic mass is 10.1. The summed E-state index contributed by atoms with van der Waals surface area (Å²) in [5.41, 5.74) is 0.557. The molecule has 0 bridgehead atoms. The van der Waals surface area contributed by atoms with Gasteiger partial charge in [-0.15, -0.1) is 10.2 Å². The number of benzene rings is 1. The van der Waals surface area contributed by atoms with Crippen molar-refractivity contribution in [3.63, 3.8) is 0 Å². The van der Waals surface area contributed by atoms with Crippen LogP contribution in [0.4, 0.5) is 19.0 Å². The van der Waals surface area contributed by atoms with Gasteiger partial charge in [0.25, 0.3) is 0 Å². The number of piperazine rings is 1. The van der Waals surface area contributed by atoms with Crippen LogP contribution in [-0.2, 0) is 6.18 Å². The molecule has 0 unspecified atom stereocenters. The second-order valence-corrected chi connectivity index (χ2v) is 7.31. The molecule has 1 aromatic heterocycles. The molecule has 2 aliphatic rings. The first-order valence-electron chi connectivity index (χ1n) is 9.51. The third-order valence-corrected chi connectivity index (χ3v) is 5.64. The Morgan fingerprint density at radius 1 is 0.815 bits per heavy atom. The van der Waals surface area contributed by atoms with Gasteiger partial charge in [0.05, 0.1) is 11.3 Å². The predicted octanol–water partition coefficient (Wildman–Crippen LogP) is 4.23. The number of hydrogen-bond donors (Lipinski definition) is 0. The fraction of sp³-hybridized carbons (Fsp3) is 0.500. The smallest absolute Gasteiger partial charge is 0.353 e. The molecule has 1 aliphatic carbocycles. The second kappa shape index (κ2) is 7.46. The molecule has 1 saturated heterocycles. The average Bonchev–Trinajstić information content (AvgIpc) is 3.23. The molecule has 4 rings (SSSR count). The number of aromatic nitrogens is 2. The molecule has 0 atom stereocenters. The number of nitrogens with zero attached hydrogens (tertiary/aromatic N) is 4. The standard InChI is InChI=1S/C20H23F3N4/c21-20(22,23)16-7-5-15(6-8-16)18-9-10-19(25-24-18)27-13-11-26(12-14-27)17-3-1-2-4-17/h5-10,17H,1-4,11-14H2. The zero-order chi connectivity index (χ0) is 18.9. The predicted molar refractivity (Wildman–Crippen MR) is 98.5 cm³/mol. The lowest BCUT2D eigenvalue weighted by Gasteiger charge is -2.38. The molecule has 2 heterocycles.